The summed E-state index contributed by atoms with van der Waals surface area (Å²) in [6, 6.07) is 14.8. The number of hydrogen-bond acceptors (Lipinski definition) is 5. The molecule has 0 fully saturated rings. The highest BCUT2D eigenvalue weighted by Crippen LogP contribution is 2.26. The SMILES string of the molecule is CC(C)(Cn1cc(Cc2ccc(C(=O)N(N)CCC(=O)O)cc2)nn1)c1ccc(Cl)cc1. The smallest absolute Gasteiger partial charge is 0.305 e. The van der Waals surface area contributed by atoms with E-state index in [1.807, 2.05) is 47.3 Å². The second kappa shape index (κ2) is 9.93. The normalized spacial score (nSPS) is 11.4. The average Bonchev–Trinajstić information content (AvgIpc) is 3.18. The molecule has 2 aromatic carbocycles. The van der Waals surface area contributed by atoms with Crippen molar-refractivity contribution in [3.05, 3.63) is 82.1 Å². The maximum atomic E-state index is 12.3. The molecule has 168 valence electrons. The van der Waals surface area contributed by atoms with Crippen LogP contribution in [-0.4, -0.2) is 43.5 Å². The number of carbonyl (C=O) groups excluding carboxylic acids is 1. The quantitative estimate of drug-likeness (QED) is 0.290. The summed E-state index contributed by atoms with van der Waals surface area (Å²) < 4.78 is 1.83. The van der Waals surface area contributed by atoms with Gasteiger partial charge in [0.25, 0.3) is 5.91 Å². The molecule has 0 bridgehead atoms. The first kappa shape index (κ1) is 23.4. The van der Waals surface area contributed by atoms with Crippen LogP contribution in [-0.2, 0) is 23.2 Å². The number of halogens is 1. The van der Waals surface area contributed by atoms with Crippen molar-refractivity contribution in [2.24, 2.45) is 5.84 Å². The highest BCUT2D eigenvalue weighted by molar-refractivity contribution is 6.30. The minimum absolute atomic E-state index is 0.0502. The predicted octanol–water partition coefficient (Wildman–Crippen LogP) is 3.29. The van der Waals surface area contributed by atoms with E-state index in [0.717, 1.165) is 21.8 Å². The van der Waals surface area contributed by atoms with Crippen molar-refractivity contribution < 1.29 is 14.7 Å². The number of carboxylic acids is 1. The standard InChI is InChI=1S/C23H26ClN5O3/c1-23(2,18-7-9-19(24)10-8-18)15-28-14-20(26-27-28)13-16-3-5-17(6-4-16)22(32)29(25)12-11-21(30)31/h3-10,14H,11-13,15,25H2,1-2H3,(H,30,31). The molecular weight excluding hydrogens is 430 g/mol. The monoisotopic (exact) mass is 455 g/mol. The highest BCUT2D eigenvalue weighted by Gasteiger charge is 2.22. The maximum Gasteiger partial charge on any atom is 0.305 e. The van der Waals surface area contributed by atoms with Crippen molar-refractivity contribution >= 4 is 23.5 Å². The van der Waals surface area contributed by atoms with E-state index >= 15 is 0 Å². The molecular formula is C23H26ClN5O3. The molecule has 3 N–H and O–H groups in total. The van der Waals surface area contributed by atoms with Crippen molar-refractivity contribution in [1.29, 1.82) is 0 Å². The number of carboxylic acid groups (broad SMARTS) is 1. The lowest BCUT2D eigenvalue weighted by molar-refractivity contribution is -0.137. The summed E-state index contributed by atoms with van der Waals surface area (Å²) in [6.45, 7) is 4.90. The lowest BCUT2D eigenvalue weighted by Gasteiger charge is -2.24. The van der Waals surface area contributed by atoms with Crippen LogP contribution in [0.2, 0.25) is 5.02 Å². The summed E-state index contributed by atoms with van der Waals surface area (Å²) >= 11 is 5.99. The number of benzene rings is 2. The molecule has 1 amide bonds. The van der Waals surface area contributed by atoms with Crippen molar-refractivity contribution in [2.75, 3.05) is 6.54 Å². The third-order valence-corrected chi connectivity index (χ3v) is 5.43. The Morgan fingerprint density at radius 1 is 1.12 bits per heavy atom. The van der Waals surface area contributed by atoms with Gasteiger partial charge in [0, 0.05) is 35.2 Å². The van der Waals surface area contributed by atoms with Crippen LogP contribution < -0.4 is 5.84 Å². The van der Waals surface area contributed by atoms with Crippen LogP contribution in [0.4, 0.5) is 0 Å². The Morgan fingerprint density at radius 3 is 2.41 bits per heavy atom. The molecule has 9 heteroatoms. The Kier molecular flexibility index (Phi) is 7.27. The van der Waals surface area contributed by atoms with Crippen LogP contribution in [0.1, 0.15) is 47.4 Å². The van der Waals surface area contributed by atoms with Crippen molar-refractivity contribution in [2.45, 2.75) is 38.6 Å². The number of aromatic nitrogens is 3. The number of hydrogen-bond donors (Lipinski definition) is 2. The number of carbonyl (C=O) groups is 2. The van der Waals surface area contributed by atoms with Crippen LogP contribution in [0.25, 0.3) is 0 Å². The van der Waals surface area contributed by atoms with Crippen LogP contribution in [0.3, 0.4) is 0 Å². The van der Waals surface area contributed by atoms with Crippen LogP contribution >= 0.6 is 11.6 Å². The van der Waals surface area contributed by atoms with Crippen molar-refractivity contribution in [1.82, 2.24) is 20.0 Å². The minimum Gasteiger partial charge on any atom is -0.481 e. The second-order valence-corrected chi connectivity index (χ2v) is 8.75. The lowest BCUT2D eigenvalue weighted by atomic mass is 9.85. The molecule has 0 spiro atoms. The zero-order chi connectivity index (χ0) is 23.3. The molecule has 3 rings (SSSR count). The van der Waals surface area contributed by atoms with Gasteiger partial charge in [-0.05, 0) is 35.4 Å². The number of amides is 1. The zero-order valence-corrected chi connectivity index (χ0v) is 18.8. The Balaban J connectivity index is 1.61. The Labute approximate surface area is 191 Å². The number of hydrazine groups is 1. The van der Waals surface area contributed by atoms with Gasteiger partial charge in [-0.15, -0.1) is 5.10 Å². The largest absolute Gasteiger partial charge is 0.481 e. The third-order valence-electron chi connectivity index (χ3n) is 5.18. The molecule has 0 atom stereocenters. The molecule has 3 aromatic rings. The summed E-state index contributed by atoms with van der Waals surface area (Å²) in [4.78, 5) is 22.9. The van der Waals surface area contributed by atoms with Gasteiger partial charge in [0.05, 0.1) is 18.7 Å². The number of nitrogens with two attached hydrogens (primary N) is 1. The van der Waals surface area contributed by atoms with Gasteiger partial charge in [-0.2, -0.15) is 0 Å². The third kappa shape index (κ3) is 6.15. The Bertz CT molecular complexity index is 1080. The fourth-order valence-electron chi connectivity index (χ4n) is 3.35. The number of aliphatic carboxylic acids is 1. The minimum atomic E-state index is -1.01. The first-order valence-corrected chi connectivity index (χ1v) is 10.5. The molecule has 8 nitrogen and oxygen atoms in total. The zero-order valence-electron chi connectivity index (χ0n) is 18.0. The summed E-state index contributed by atoms with van der Waals surface area (Å²) in [5.41, 5.74) is 3.20. The van der Waals surface area contributed by atoms with Gasteiger partial charge in [0.15, 0.2) is 0 Å². The summed E-state index contributed by atoms with van der Waals surface area (Å²) in [5, 5.41) is 18.9. The fraction of sp³-hybridized carbons (Fsp3) is 0.304. The van der Waals surface area contributed by atoms with Gasteiger partial charge in [0.1, 0.15) is 0 Å². The molecule has 0 aliphatic carbocycles. The first-order valence-electron chi connectivity index (χ1n) is 10.2. The van der Waals surface area contributed by atoms with Gasteiger partial charge >= 0.3 is 5.97 Å². The maximum absolute atomic E-state index is 12.3. The predicted molar refractivity (Wildman–Crippen MR) is 121 cm³/mol. The highest BCUT2D eigenvalue weighted by atomic mass is 35.5. The second-order valence-electron chi connectivity index (χ2n) is 8.31. The van der Waals surface area contributed by atoms with Crippen LogP contribution in [0.5, 0.6) is 0 Å². The average molecular weight is 456 g/mol. The lowest BCUT2D eigenvalue weighted by Crippen LogP contribution is -2.38. The van der Waals surface area contributed by atoms with Gasteiger partial charge in [-0.25, -0.2) is 5.84 Å². The molecule has 0 aliphatic rings. The van der Waals surface area contributed by atoms with E-state index in [2.05, 4.69) is 24.2 Å². The summed E-state index contributed by atoms with van der Waals surface area (Å²) in [7, 11) is 0. The molecule has 0 aliphatic heterocycles. The molecule has 0 saturated heterocycles. The van der Waals surface area contributed by atoms with E-state index < -0.39 is 11.9 Å². The van der Waals surface area contributed by atoms with Gasteiger partial charge < -0.3 is 5.11 Å². The van der Waals surface area contributed by atoms with Gasteiger partial charge in [0.2, 0.25) is 0 Å². The van der Waals surface area contributed by atoms with E-state index in [4.69, 9.17) is 22.6 Å². The van der Waals surface area contributed by atoms with E-state index in [1.54, 1.807) is 12.1 Å². The van der Waals surface area contributed by atoms with Gasteiger partial charge in [-0.1, -0.05) is 54.9 Å². The fourth-order valence-corrected chi connectivity index (χ4v) is 3.48. The van der Waals surface area contributed by atoms with Crippen molar-refractivity contribution in [3.8, 4) is 0 Å². The van der Waals surface area contributed by atoms with Crippen molar-refractivity contribution in [3.63, 3.8) is 0 Å². The molecule has 32 heavy (non-hydrogen) atoms. The molecule has 0 unspecified atom stereocenters. The topological polar surface area (TPSA) is 114 Å². The summed E-state index contributed by atoms with van der Waals surface area (Å²) in [6.07, 6.45) is 2.29. The number of rotatable bonds is 9. The van der Waals surface area contributed by atoms with E-state index in [-0.39, 0.29) is 18.4 Å². The van der Waals surface area contributed by atoms with E-state index in [0.29, 0.717) is 23.6 Å². The first-order chi connectivity index (χ1) is 15.1. The van der Waals surface area contributed by atoms with E-state index in [1.165, 1.54) is 0 Å². The van der Waals surface area contributed by atoms with Crippen LogP contribution in [0, 0.1) is 0 Å². The summed E-state index contributed by atoms with van der Waals surface area (Å²) in [5.74, 6) is 4.23. The number of nitrogens with zero attached hydrogens (tertiary/aromatic N) is 4. The molecule has 1 heterocycles. The molecule has 0 saturated carbocycles. The van der Waals surface area contributed by atoms with Crippen LogP contribution in [0.15, 0.2) is 54.7 Å². The Morgan fingerprint density at radius 2 is 1.78 bits per heavy atom. The van der Waals surface area contributed by atoms with Gasteiger partial charge in [-0.3, -0.25) is 19.3 Å². The molecule has 1 aromatic heterocycles. The molecule has 0 radical (unpaired) electrons. The van der Waals surface area contributed by atoms with E-state index in [9.17, 15) is 9.59 Å². The Hall–Kier alpha value is -3.23.